The van der Waals surface area contributed by atoms with Gasteiger partial charge in [0.15, 0.2) is 5.75 Å². The van der Waals surface area contributed by atoms with Gasteiger partial charge < -0.3 is 10.1 Å². The zero-order chi connectivity index (χ0) is 11.8. The average molecular weight is 225 g/mol. The van der Waals surface area contributed by atoms with Crippen molar-refractivity contribution in [2.45, 2.75) is 45.8 Å². The van der Waals surface area contributed by atoms with Gasteiger partial charge in [0, 0.05) is 13.1 Å². The Hall–Kier alpha value is -1.03. The van der Waals surface area contributed by atoms with Gasteiger partial charge in [0.2, 0.25) is 0 Å². The zero-order valence-electron chi connectivity index (χ0n) is 10.6. The van der Waals surface area contributed by atoms with Gasteiger partial charge in [-0.15, -0.1) is 0 Å². The predicted octanol–water partition coefficient (Wildman–Crippen LogP) is 2.06. The van der Waals surface area contributed by atoms with Gasteiger partial charge in [-0.2, -0.15) is 5.10 Å². The van der Waals surface area contributed by atoms with E-state index in [0.29, 0.717) is 0 Å². The van der Waals surface area contributed by atoms with Crippen LogP contribution >= 0.6 is 0 Å². The smallest absolute Gasteiger partial charge is 0.157 e. The molecule has 1 N–H and O–H groups in total. The summed E-state index contributed by atoms with van der Waals surface area (Å²) in [6.45, 7) is 6.15. The number of ether oxygens (including phenoxy) is 1. The maximum atomic E-state index is 5.88. The molecule has 92 valence electrons. The second-order valence-electron chi connectivity index (χ2n) is 4.03. The van der Waals surface area contributed by atoms with E-state index in [1.54, 1.807) is 6.20 Å². The topological polar surface area (TPSA) is 39.1 Å². The van der Waals surface area contributed by atoms with E-state index in [1.807, 2.05) is 17.9 Å². The number of aryl methyl sites for hydroxylation is 1. The van der Waals surface area contributed by atoms with Crippen LogP contribution in [0.15, 0.2) is 12.4 Å². The Balaban J connectivity index is 2.48. The molecule has 4 heteroatoms. The van der Waals surface area contributed by atoms with Crippen molar-refractivity contribution in [1.29, 1.82) is 0 Å². The van der Waals surface area contributed by atoms with Crippen molar-refractivity contribution in [2.24, 2.45) is 0 Å². The number of hydrogen-bond acceptors (Lipinski definition) is 3. The van der Waals surface area contributed by atoms with E-state index in [4.69, 9.17) is 4.74 Å². The molecule has 0 radical (unpaired) electrons. The van der Waals surface area contributed by atoms with Crippen LogP contribution in [0.25, 0.3) is 0 Å². The Bertz CT molecular complexity index is 280. The summed E-state index contributed by atoms with van der Waals surface area (Å²) in [7, 11) is 1.95. The lowest BCUT2D eigenvalue weighted by Gasteiger charge is -2.16. The standard InChI is InChI=1S/C12H23N3O/c1-4-6-11(8-13-3)16-12-9-14-15(10-12)7-5-2/h9-11,13H,4-8H2,1-3H3. The normalized spacial score (nSPS) is 12.7. The molecule has 0 fully saturated rings. The first-order valence-corrected chi connectivity index (χ1v) is 6.13. The Morgan fingerprint density at radius 1 is 1.44 bits per heavy atom. The lowest BCUT2D eigenvalue weighted by atomic mass is 10.2. The quantitative estimate of drug-likeness (QED) is 0.736. The molecule has 1 heterocycles. The molecule has 0 bridgehead atoms. The molecular formula is C12H23N3O. The van der Waals surface area contributed by atoms with Gasteiger partial charge in [0.25, 0.3) is 0 Å². The van der Waals surface area contributed by atoms with Crippen molar-refractivity contribution in [2.75, 3.05) is 13.6 Å². The van der Waals surface area contributed by atoms with E-state index < -0.39 is 0 Å². The van der Waals surface area contributed by atoms with E-state index in [2.05, 4.69) is 24.3 Å². The molecule has 0 saturated carbocycles. The van der Waals surface area contributed by atoms with Crippen LogP contribution in [0.1, 0.15) is 33.1 Å². The van der Waals surface area contributed by atoms with Crippen LogP contribution in [0.3, 0.4) is 0 Å². The third kappa shape index (κ3) is 4.23. The van der Waals surface area contributed by atoms with E-state index in [9.17, 15) is 0 Å². The highest BCUT2D eigenvalue weighted by atomic mass is 16.5. The van der Waals surface area contributed by atoms with Crippen molar-refractivity contribution in [3.8, 4) is 5.75 Å². The maximum absolute atomic E-state index is 5.88. The van der Waals surface area contributed by atoms with Crippen molar-refractivity contribution >= 4 is 0 Å². The molecule has 0 amide bonds. The van der Waals surface area contributed by atoms with Crippen molar-refractivity contribution < 1.29 is 4.74 Å². The molecule has 1 unspecified atom stereocenters. The van der Waals surface area contributed by atoms with Crippen LogP contribution in [0.5, 0.6) is 5.75 Å². The van der Waals surface area contributed by atoms with Gasteiger partial charge in [-0.05, 0) is 19.9 Å². The monoisotopic (exact) mass is 225 g/mol. The second kappa shape index (κ2) is 7.28. The molecule has 0 saturated heterocycles. The van der Waals surface area contributed by atoms with Crippen LogP contribution in [-0.2, 0) is 6.54 Å². The first-order valence-electron chi connectivity index (χ1n) is 6.13. The van der Waals surface area contributed by atoms with Gasteiger partial charge in [-0.3, -0.25) is 4.68 Å². The summed E-state index contributed by atoms with van der Waals surface area (Å²) in [5, 5.41) is 7.40. The molecule has 0 spiro atoms. The van der Waals surface area contributed by atoms with E-state index in [-0.39, 0.29) is 6.10 Å². The van der Waals surface area contributed by atoms with Crippen molar-refractivity contribution in [3.05, 3.63) is 12.4 Å². The Morgan fingerprint density at radius 3 is 2.88 bits per heavy atom. The van der Waals surface area contributed by atoms with Gasteiger partial charge in [-0.1, -0.05) is 20.3 Å². The number of nitrogens with one attached hydrogen (secondary N) is 1. The highest BCUT2D eigenvalue weighted by molar-refractivity contribution is 5.12. The summed E-state index contributed by atoms with van der Waals surface area (Å²) in [4.78, 5) is 0. The average Bonchev–Trinajstić information content (AvgIpc) is 2.67. The molecular weight excluding hydrogens is 202 g/mol. The fourth-order valence-electron chi connectivity index (χ4n) is 1.70. The van der Waals surface area contributed by atoms with Crippen LogP contribution in [-0.4, -0.2) is 29.5 Å². The Morgan fingerprint density at radius 2 is 2.25 bits per heavy atom. The molecule has 0 aliphatic rings. The van der Waals surface area contributed by atoms with Gasteiger partial charge in [-0.25, -0.2) is 0 Å². The minimum Gasteiger partial charge on any atom is -0.486 e. The minimum absolute atomic E-state index is 0.245. The van der Waals surface area contributed by atoms with Crippen LogP contribution < -0.4 is 10.1 Å². The molecule has 4 nitrogen and oxygen atoms in total. The largest absolute Gasteiger partial charge is 0.486 e. The molecule has 0 aliphatic carbocycles. The molecule has 16 heavy (non-hydrogen) atoms. The lowest BCUT2D eigenvalue weighted by molar-refractivity contribution is 0.189. The van der Waals surface area contributed by atoms with Gasteiger partial charge in [0.05, 0.1) is 12.4 Å². The van der Waals surface area contributed by atoms with E-state index in [1.165, 1.54) is 0 Å². The molecule has 1 atom stereocenters. The number of aromatic nitrogens is 2. The fourth-order valence-corrected chi connectivity index (χ4v) is 1.70. The molecule has 0 aromatic carbocycles. The summed E-state index contributed by atoms with van der Waals surface area (Å²) in [5.74, 6) is 0.877. The fraction of sp³-hybridized carbons (Fsp3) is 0.750. The second-order valence-corrected chi connectivity index (χ2v) is 4.03. The molecule has 1 rings (SSSR count). The lowest BCUT2D eigenvalue weighted by Crippen LogP contribution is -2.28. The predicted molar refractivity (Wildman–Crippen MR) is 65.8 cm³/mol. The first-order chi connectivity index (χ1) is 7.80. The summed E-state index contributed by atoms with van der Waals surface area (Å²) in [5.41, 5.74) is 0. The van der Waals surface area contributed by atoms with Crippen molar-refractivity contribution in [1.82, 2.24) is 15.1 Å². The number of nitrogens with zero attached hydrogens (tertiary/aromatic N) is 2. The number of hydrogen-bond donors (Lipinski definition) is 1. The number of rotatable bonds is 8. The SMILES string of the molecule is CCCC(CNC)Oc1cnn(CCC)c1. The maximum Gasteiger partial charge on any atom is 0.157 e. The highest BCUT2D eigenvalue weighted by Gasteiger charge is 2.09. The summed E-state index contributed by atoms with van der Waals surface area (Å²) < 4.78 is 7.80. The third-order valence-corrected chi connectivity index (χ3v) is 2.41. The third-order valence-electron chi connectivity index (χ3n) is 2.41. The Labute approximate surface area is 98.0 Å². The minimum atomic E-state index is 0.245. The van der Waals surface area contributed by atoms with E-state index >= 15 is 0 Å². The van der Waals surface area contributed by atoms with Crippen molar-refractivity contribution in [3.63, 3.8) is 0 Å². The van der Waals surface area contributed by atoms with Crippen LogP contribution in [0.4, 0.5) is 0 Å². The van der Waals surface area contributed by atoms with Gasteiger partial charge in [0.1, 0.15) is 6.10 Å². The summed E-state index contributed by atoms with van der Waals surface area (Å²) in [6, 6.07) is 0. The van der Waals surface area contributed by atoms with Crippen LogP contribution in [0, 0.1) is 0 Å². The first kappa shape index (κ1) is 13.0. The molecule has 1 aromatic heterocycles. The number of likely N-dealkylation sites (N-methyl/N-ethyl adjacent to an activating group) is 1. The van der Waals surface area contributed by atoms with E-state index in [0.717, 1.165) is 38.1 Å². The zero-order valence-corrected chi connectivity index (χ0v) is 10.6. The summed E-state index contributed by atoms with van der Waals surface area (Å²) in [6.07, 6.45) is 7.32. The molecule has 1 aromatic rings. The van der Waals surface area contributed by atoms with Crippen LogP contribution in [0.2, 0.25) is 0 Å². The highest BCUT2D eigenvalue weighted by Crippen LogP contribution is 2.13. The molecule has 0 aliphatic heterocycles. The Kier molecular flexibility index (Phi) is 5.93. The van der Waals surface area contributed by atoms with Gasteiger partial charge >= 0.3 is 0 Å². The summed E-state index contributed by atoms with van der Waals surface area (Å²) >= 11 is 0.